The zero-order valence-corrected chi connectivity index (χ0v) is 9.77. The van der Waals surface area contributed by atoms with Gasteiger partial charge in [0.2, 0.25) is 0 Å². The van der Waals surface area contributed by atoms with Crippen molar-refractivity contribution in [2.75, 3.05) is 13.2 Å². The van der Waals surface area contributed by atoms with Crippen LogP contribution in [0, 0.1) is 6.92 Å². The Kier molecular flexibility index (Phi) is 5.15. The van der Waals surface area contributed by atoms with E-state index in [1.165, 1.54) is 16.2 Å². The maximum atomic E-state index is 5.72. The highest BCUT2D eigenvalue weighted by atomic mass is 32.1. The van der Waals surface area contributed by atoms with Gasteiger partial charge in [-0.05, 0) is 25.5 Å². The molecule has 0 aromatic carbocycles. The van der Waals surface area contributed by atoms with Crippen molar-refractivity contribution in [2.24, 2.45) is 5.73 Å². The molecule has 3 heteroatoms. The summed E-state index contributed by atoms with van der Waals surface area (Å²) < 4.78 is 5.72. The lowest BCUT2D eigenvalue weighted by molar-refractivity contribution is 0.0590. The van der Waals surface area contributed by atoms with Crippen LogP contribution < -0.4 is 5.73 Å². The van der Waals surface area contributed by atoms with Gasteiger partial charge in [0.25, 0.3) is 0 Å². The van der Waals surface area contributed by atoms with Crippen LogP contribution in [0.15, 0.2) is 12.1 Å². The van der Waals surface area contributed by atoms with Gasteiger partial charge in [0.1, 0.15) is 6.10 Å². The third-order valence-electron chi connectivity index (χ3n) is 2.11. The van der Waals surface area contributed by atoms with Crippen molar-refractivity contribution >= 4 is 11.3 Å². The minimum atomic E-state index is 0.0975. The first-order chi connectivity index (χ1) is 6.77. The predicted octanol–water partition coefficient (Wildman–Crippen LogP) is 2.87. The van der Waals surface area contributed by atoms with Crippen molar-refractivity contribution in [1.82, 2.24) is 0 Å². The van der Waals surface area contributed by atoms with Gasteiger partial charge in [0.15, 0.2) is 0 Å². The number of aryl methyl sites for hydroxylation is 1. The van der Waals surface area contributed by atoms with E-state index >= 15 is 0 Å². The number of hydrogen-bond acceptors (Lipinski definition) is 3. The Balaban J connectivity index is 2.45. The molecule has 0 spiro atoms. The number of rotatable bonds is 6. The Morgan fingerprint density at radius 1 is 1.50 bits per heavy atom. The molecule has 0 radical (unpaired) electrons. The molecule has 0 aliphatic heterocycles. The molecule has 0 aliphatic rings. The summed E-state index contributed by atoms with van der Waals surface area (Å²) in [6.07, 6.45) is 2.38. The molecule has 1 heterocycles. The van der Waals surface area contributed by atoms with E-state index in [2.05, 4.69) is 26.0 Å². The number of thiophene rings is 1. The summed E-state index contributed by atoms with van der Waals surface area (Å²) in [6, 6.07) is 4.23. The molecule has 2 nitrogen and oxygen atoms in total. The molecule has 1 aromatic rings. The van der Waals surface area contributed by atoms with Crippen LogP contribution in [0.2, 0.25) is 0 Å². The maximum Gasteiger partial charge on any atom is 0.104 e. The molecule has 80 valence electrons. The first kappa shape index (κ1) is 11.7. The molecule has 1 rings (SSSR count). The van der Waals surface area contributed by atoms with E-state index in [9.17, 15) is 0 Å². The van der Waals surface area contributed by atoms with Crippen LogP contribution in [-0.4, -0.2) is 13.2 Å². The minimum Gasteiger partial charge on any atom is -0.371 e. The van der Waals surface area contributed by atoms with Crippen LogP contribution in [0.4, 0.5) is 0 Å². The summed E-state index contributed by atoms with van der Waals surface area (Å²) >= 11 is 1.77. The molecular formula is C11H19NOS. The largest absolute Gasteiger partial charge is 0.371 e. The first-order valence-corrected chi connectivity index (χ1v) is 5.97. The Hall–Kier alpha value is -0.380. The molecular weight excluding hydrogens is 194 g/mol. The highest BCUT2D eigenvalue weighted by molar-refractivity contribution is 7.12. The van der Waals surface area contributed by atoms with Crippen molar-refractivity contribution in [3.8, 4) is 0 Å². The second kappa shape index (κ2) is 6.17. The Morgan fingerprint density at radius 3 is 2.79 bits per heavy atom. The average molecular weight is 213 g/mol. The van der Waals surface area contributed by atoms with E-state index in [-0.39, 0.29) is 6.10 Å². The average Bonchev–Trinajstić information content (AvgIpc) is 2.60. The second-order valence-corrected chi connectivity index (χ2v) is 4.72. The van der Waals surface area contributed by atoms with E-state index < -0.39 is 0 Å². The smallest absolute Gasteiger partial charge is 0.104 e. The Morgan fingerprint density at radius 2 is 2.29 bits per heavy atom. The highest BCUT2D eigenvalue weighted by Crippen LogP contribution is 2.24. The lowest BCUT2D eigenvalue weighted by Crippen LogP contribution is -2.15. The van der Waals surface area contributed by atoms with Gasteiger partial charge >= 0.3 is 0 Å². The van der Waals surface area contributed by atoms with E-state index in [4.69, 9.17) is 10.5 Å². The lowest BCUT2D eigenvalue weighted by atomic mass is 10.3. The fraction of sp³-hybridized carbons (Fsp3) is 0.636. The summed E-state index contributed by atoms with van der Waals surface area (Å²) in [6.45, 7) is 5.66. The van der Waals surface area contributed by atoms with Crippen molar-refractivity contribution in [3.63, 3.8) is 0 Å². The summed E-state index contributed by atoms with van der Waals surface area (Å²) in [7, 11) is 0. The topological polar surface area (TPSA) is 35.2 Å². The molecule has 0 fully saturated rings. The van der Waals surface area contributed by atoms with Crippen molar-refractivity contribution < 1.29 is 4.74 Å². The third-order valence-corrected chi connectivity index (χ3v) is 3.20. The fourth-order valence-electron chi connectivity index (χ4n) is 1.26. The summed E-state index contributed by atoms with van der Waals surface area (Å²) in [5.74, 6) is 0. The van der Waals surface area contributed by atoms with Crippen LogP contribution in [0.1, 0.15) is 35.6 Å². The van der Waals surface area contributed by atoms with Crippen LogP contribution >= 0.6 is 11.3 Å². The molecule has 0 amide bonds. The van der Waals surface area contributed by atoms with Gasteiger partial charge in [0.05, 0.1) is 0 Å². The molecule has 14 heavy (non-hydrogen) atoms. The van der Waals surface area contributed by atoms with Crippen molar-refractivity contribution in [3.05, 3.63) is 21.9 Å². The van der Waals surface area contributed by atoms with E-state index in [0.717, 1.165) is 13.0 Å². The fourth-order valence-corrected chi connectivity index (χ4v) is 2.20. The Bertz CT molecular complexity index is 260. The molecule has 0 saturated carbocycles. The quantitative estimate of drug-likeness (QED) is 0.737. The van der Waals surface area contributed by atoms with Crippen LogP contribution in [0.5, 0.6) is 0 Å². The summed E-state index contributed by atoms with van der Waals surface area (Å²) in [5.41, 5.74) is 5.68. The summed E-state index contributed by atoms with van der Waals surface area (Å²) in [4.78, 5) is 2.57. The van der Waals surface area contributed by atoms with Crippen molar-refractivity contribution in [1.29, 1.82) is 0 Å². The summed E-state index contributed by atoms with van der Waals surface area (Å²) in [5, 5.41) is 0. The van der Waals surface area contributed by atoms with E-state index in [1.807, 2.05) is 0 Å². The van der Waals surface area contributed by atoms with Gasteiger partial charge in [-0.3, -0.25) is 0 Å². The highest BCUT2D eigenvalue weighted by Gasteiger charge is 2.11. The predicted molar refractivity (Wildman–Crippen MR) is 61.7 cm³/mol. The zero-order chi connectivity index (χ0) is 10.4. The molecule has 2 N–H and O–H groups in total. The molecule has 0 aliphatic carbocycles. The van der Waals surface area contributed by atoms with Gasteiger partial charge in [-0.25, -0.2) is 0 Å². The zero-order valence-electron chi connectivity index (χ0n) is 8.95. The van der Waals surface area contributed by atoms with E-state index in [1.54, 1.807) is 11.3 Å². The van der Waals surface area contributed by atoms with Crippen LogP contribution in [0.3, 0.4) is 0 Å². The van der Waals surface area contributed by atoms with Gasteiger partial charge in [-0.2, -0.15) is 0 Å². The molecule has 0 bridgehead atoms. The number of hydrogen-bond donors (Lipinski definition) is 1. The van der Waals surface area contributed by atoms with Gasteiger partial charge in [-0.1, -0.05) is 13.3 Å². The Labute approximate surface area is 90.1 Å². The molecule has 1 unspecified atom stereocenters. The third kappa shape index (κ3) is 3.40. The second-order valence-electron chi connectivity index (χ2n) is 3.40. The minimum absolute atomic E-state index is 0.0975. The van der Waals surface area contributed by atoms with Gasteiger partial charge in [-0.15, -0.1) is 11.3 Å². The molecule has 1 atom stereocenters. The van der Waals surface area contributed by atoms with Gasteiger partial charge in [0, 0.05) is 22.9 Å². The molecule has 0 saturated heterocycles. The van der Waals surface area contributed by atoms with Crippen LogP contribution in [0.25, 0.3) is 0 Å². The SMILES string of the molecule is CCCCOC(CN)c1ccc(C)s1. The van der Waals surface area contributed by atoms with Crippen LogP contribution in [-0.2, 0) is 4.74 Å². The van der Waals surface area contributed by atoms with Gasteiger partial charge < -0.3 is 10.5 Å². The number of unbranched alkanes of at least 4 members (excludes halogenated alkanes) is 1. The number of ether oxygens (including phenoxy) is 1. The standard InChI is InChI=1S/C11H19NOS/c1-3-4-7-13-10(8-12)11-6-5-9(2)14-11/h5-6,10H,3-4,7-8,12H2,1-2H3. The number of nitrogens with two attached hydrogens (primary N) is 1. The normalized spacial score (nSPS) is 13.1. The lowest BCUT2D eigenvalue weighted by Gasteiger charge is -2.13. The van der Waals surface area contributed by atoms with Crippen molar-refractivity contribution in [2.45, 2.75) is 32.8 Å². The van der Waals surface area contributed by atoms with E-state index in [0.29, 0.717) is 6.54 Å². The first-order valence-electron chi connectivity index (χ1n) is 5.16. The maximum absolute atomic E-state index is 5.72. The monoisotopic (exact) mass is 213 g/mol. The molecule has 1 aromatic heterocycles.